The topological polar surface area (TPSA) is 66.9 Å². The Morgan fingerprint density at radius 3 is 2.31 bits per heavy atom. The zero-order valence-electron chi connectivity index (χ0n) is 14.8. The smallest absolute Gasteiger partial charge is 0.225 e. The van der Waals surface area contributed by atoms with Crippen molar-refractivity contribution in [2.24, 2.45) is 0 Å². The van der Waals surface area contributed by atoms with E-state index in [-0.39, 0.29) is 5.91 Å². The molecule has 0 fully saturated rings. The summed E-state index contributed by atoms with van der Waals surface area (Å²) < 4.78 is 0. The summed E-state index contributed by atoms with van der Waals surface area (Å²) >= 11 is 0. The molecule has 132 valence electrons. The van der Waals surface area contributed by atoms with Gasteiger partial charge >= 0.3 is 0 Å². The highest BCUT2D eigenvalue weighted by Gasteiger charge is 2.05. The molecular formula is C21H22N4O. The van der Waals surface area contributed by atoms with Crippen molar-refractivity contribution in [1.29, 1.82) is 0 Å². The number of carbonyl (C=O) groups is 1. The number of nitrogens with one attached hydrogen (secondary N) is 2. The molecule has 0 saturated heterocycles. The maximum atomic E-state index is 12.0. The molecule has 3 aromatic rings. The van der Waals surface area contributed by atoms with E-state index in [1.807, 2.05) is 48.5 Å². The van der Waals surface area contributed by atoms with Crippen LogP contribution in [0.1, 0.15) is 23.1 Å². The normalized spacial score (nSPS) is 10.3. The van der Waals surface area contributed by atoms with Gasteiger partial charge in [-0.05, 0) is 42.2 Å². The van der Waals surface area contributed by atoms with Crippen LogP contribution in [0.25, 0.3) is 0 Å². The first kappa shape index (κ1) is 17.6. The maximum Gasteiger partial charge on any atom is 0.225 e. The van der Waals surface area contributed by atoms with E-state index in [2.05, 4.69) is 39.9 Å². The fourth-order valence-electron chi connectivity index (χ4n) is 2.60. The van der Waals surface area contributed by atoms with E-state index in [4.69, 9.17) is 0 Å². The van der Waals surface area contributed by atoms with Gasteiger partial charge in [-0.2, -0.15) is 0 Å². The third-order valence-corrected chi connectivity index (χ3v) is 4.14. The molecule has 1 amide bonds. The number of rotatable bonds is 7. The summed E-state index contributed by atoms with van der Waals surface area (Å²) in [6.45, 7) is 2.76. The molecule has 26 heavy (non-hydrogen) atoms. The summed E-state index contributed by atoms with van der Waals surface area (Å²) in [5.74, 6) is 1.07. The van der Waals surface area contributed by atoms with E-state index in [1.165, 1.54) is 11.1 Å². The summed E-state index contributed by atoms with van der Waals surface area (Å²) in [6, 6.07) is 21.7. The van der Waals surface area contributed by atoms with Crippen LogP contribution in [0.15, 0.2) is 66.7 Å². The molecule has 0 aliphatic heterocycles. The first-order valence-electron chi connectivity index (χ1n) is 8.66. The average molecular weight is 346 g/mol. The molecular weight excluding hydrogens is 324 g/mol. The Bertz CT molecular complexity index is 847. The van der Waals surface area contributed by atoms with Gasteiger partial charge in [-0.1, -0.05) is 54.6 Å². The Labute approximate surface area is 153 Å². The van der Waals surface area contributed by atoms with Crippen molar-refractivity contribution in [1.82, 2.24) is 10.2 Å². The number of aromatic nitrogens is 2. The number of amides is 1. The zero-order valence-corrected chi connectivity index (χ0v) is 14.8. The van der Waals surface area contributed by atoms with Crippen molar-refractivity contribution in [3.05, 3.63) is 83.4 Å². The van der Waals surface area contributed by atoms with E-state index in [9.17, 15) is 4.79 Å². The number of carbonyl (C=O) groups excluding carboxylic acids is 1. The molecule has 3 rings (SSSR count). The van der Waals surface area contributed by atoms with E-state index in [0.717, 1.165) is 5.56 Å². The van der Waals surface area contributed by atoms with Crippen LogP contribution in [0.2, 0.25) is 0 Å². The fraction of sp³-hybridized carbons (Fsp3) is 0.190. The van der Waals surface area contributed by atoms with Crippen molar-refractivity contribution in [3.8, 4) is 0 Å². The average Bonchev–Trinajstić information content (AvgIpc) is 2.68. The number of hydrogen-bond acceptors (Lipinski definition) is 4. The van der Waals surface area contributed by atoms with Crippen LogP contribution in [0.4, 0.5) is 11.6 Å². The minimum atomic E-state index is -0.0660. The zero-order chi connectivity index (χ0) is 18.2. The molecule has 2 N–H and O–H groups in total. The third-order valence-electron chi connectivity index (χ3n) is 4.14. The van der Waals surface area contributed by atoms with E-state index in [0.29, 0.717) is 31.0 Å². The molecule has 0 atom stereocenters. The van der Waals surface area contributed by atoms with Gasteiger partial charge in [-0.25, -0.2) is 0 Å². The lowest BCUT2D eigenvalue weighted by molar-refractivity contribution is -0.116. The highest BCUT2D eigenvalue weighted by Crippen LogP contribution is 2.11. The molecule has 5 heteroatoms. The van der Waals surface area contributed by atoms with E-state index in [1.54, 1.807) is 6.07 Å². The van der Waals surface area contributed by atoms with E-state index >= 15 is 0 Å². The van der Waals surface area contributed by atoms with Gasteiger partial charge in [0.1, 0.15) is 5.82 Å². The third kappa shape index (κ3) is 5.14. The highest BCUT2D eigenvalue weighted by molar-refractivity contribution is 5.89. The molecule has 0 aliphatic rings. The van der Waals surface area contributed by atoms with E-state index < -0.39 is 0 Å². The van der Waals surface area contributed by atoms with Gasteiger partial charge < -0.3 is 10.6 Å². The maximum absolute atomic E-state index is 12.0. The summed E-state index contributed by atoms with van der Waals surface area (Å²) in [4.78, 5) is 12.0. The number of hydrogen-bond donors (Lipinski definition) is 2. The van der Waals surface area contributed by atoms with Crippen LogP contribution >= 0.6 is 0 Å². The molecule has 0 unspecified atom stereocenters. The lowest BCUT2D eigenvalue weighted by Gasteiger charge is -2.08. The van der Waals surface area contributed by atoms with Gasteiger partial charge in [0.2, 0.25) is 5.91 Å². The summed E-state index contributed by atoms with van der Waals surface area (Å²) in [6.07, 6.45) is 1.12. The van der Waals surface area contributed by atoms with Gasteiger partial charge in [0.25, 0.3) is 0 Å². The Balaban J connectivity index is 1.48. The largest absolute Gasteiger partial charge is 0.364 e. The number of nitrogens with zero attached hydrogens (tertiary/aromatic N) is 2. The summed E-state index contributed by atoms with van der Waals surface area (Å²) in [5, 5.41) is 14.2. The van der Waals surface area contributed by atoms with Gasteiger partial charge in [-0.3, -0.25) is 4.79 Å². The second kappa shape index (κ2) is 8.76. The monoisotopic (exact) mass is 346 g/mol. The lowest BCUT2D eigenvalue weighted by Crippen LogP contribution is -2.14. The second-order valence-electron chi connectivity index (χ2n) is 6.12. The van der Waals surface area contributed by atoms with Crippen molar-refractivity contribution in [3.63, 3.8) is 0 Å². The molecule has 0 aliphatic carbocycles. The standard InChI is InChI=1S/C21H22N4O/c1-16-7-5-6-10-18(16)15-22-19-12-13-20(25-24-19)23-21(26)14-11-17-8-3-2-4-9-17/h2-10,12-13H,11,14-15H2,1H3,(H,22,24)(H,23,25,26). The second-order valence-corrected chi connectivity index (χ2v) is 6.12. The Morgan fingerprint density at radius 1 is 0.885 bits per heavy atom. The summed E-state index contributed by atoms with van der Waals surface area (Å²) in [5.41, 5.74) is 3.59. The van der Waals surface area contributed by atoms with Crippen LogP contribution in [0.5, 0.6) is 0 Å². The first-order valence-corrected chi connectivity index (χ1v) is 8.66. The van der Waals surface area contributed by atoms with Crippen LogP contribution in [0.3, 0.4) is 0 Å². The quantitative estimate of drug-likeness (QED) is 0.679. The molecule has 0 spiro atoms. The van der Waals surface area contributed by atoms with Gasteiger partial charge in [0.15, 0.2) is 5.82 Å². The van der Waals surface area contributed by atoms with Gasteiger partial charge in [-0.15, -0.1) is 10.2 Å². The van der Waals surface area contributed by atoms with Crippen LogP contribution in [-0.4, -0.2) is 16.1 Å². The van der Waals surface area contributed by atoms with Gasteiger partial charge in [0, 0.05) is 13.0 Å². The van der Waals surface area contributed by atoms with Crippen molar-refractivity contribution in [2.75, 3.05) is 10.6 Å². The predicted octanol–water partition coefficient (Wildman–Crippen LogP) is 3.97. The van der Waals surface area contributed by atoms with Crippen molar-refractivity contribution >= 4 is 17.5 Å². The molecule has 5 nitrogen and oxygen atoms in total. The van der Waals surface area contributed by atoms with Crippen molar-refractivity contribution in [2.45, 2.75) is 26.3 Å². The Kier molecular flexibility index (Phi) is 5.93. The fourth-order valence-corrected chi connectivity index (χ4v) is 2.60. The Morgan fingerprint density at radius 2 is 1.58 bits per heavy atom. The molecule has 0 radical (unpaired) electrons. The molecule has 1 aromatic heterocycles. The highest BCUT2D eigenvalue weighted by atomic mass is 16.1. The minimum Gasteiger partial charge on any atom is -0.364 e. The SMILES string of the molecule is Cc1ccccc1CNc1ccc(NC(=O)CCc2ccccc2)nn1. The Hall–Kier alpha value is -3.21. The molecule has 0 saturated carbocycles. The summed E-state index contributed by atoms with van der Waals surface area (Å²) in [7, 11) is 0. The molecule has 1 heterocycles. The molecule has 2 aromatic carbocycles. The predicted molar refractivity (Wildman–Crippen MR) is 104 cm³/mol. The minimum absolute atomic E-state index is 0.0660. The number of anilines is 2. The van der Waals surface area contributed by atoms with Crippen LogP contribution < -0.4 is 10.6 Å². The number of benzene rings is 2. The van der Waals surface area contributed by atoms with Crippen LogP contribution in [-0.2, 0) is 17.8 Å². The number of aryl methyl sites for hydroxylation is 2. The molecule has 0 bridgehead atoms. The van der Waals surface area contributed by atoms with Gasteiger partial charge in [0.05, 0.1) is 0 Å². The first-order chi connectivity index (χ1) is 12.7. The lowest BCUT2D eigenvalue weighted by atomic mass is 10.1. The van der Waals surface area contributed by atoms with Crippen molar-refractivity contribution < 1.29 is 4.79 Å². The van der Waals surface area contributed by atoms with Crippen LogP contribution in [0, 0.1) is 6.92 Å².